The number of aryl methyl sites for hydroxylation is 2. The van der Waals surface area contributed by atoms with Crippen LogP contribution in [-0.4, -0.2) is 30.0 Å². The smallest absolute Gasteiger partial charge is 0.263 e. The molecule has 1 amide bonds. The van der Waals surface area contributed by atoms with Crippen LogP contribution in [0.5, 0.6) is 0 Å². The summed E-state index contributed by atoms with van der Waals surface area (Å²) < 4.78 is 37.0. The van der Waals surface area contributed by atoms with E-state index >= 15 is 0 Å². The Hall–Kier alpha value is -2.59. The molecule has 1 atom stereocenters. The molecule has 10 heteroatoms. The highest BCUT2D eigenvalue weighted by Crippen LogP contribution is 2.37. The molecule has 30 heavy (non-hydrogen) atoms. The van der Waals surface area contributed by atoms with E-state index in [0.29, 0.717) is 21.0 Å². The number of hydrogen-bond acceptors (Lipinski definition) is 7. The number of nitrogens with zero attached hydrogens (tertiary/aromatic N) is 2. The van der Waals surface area contributed by atoms with E-state index in [1.54, 1.807) is 12.1 Å². The summed E-state index contributed by atoms with van der Waals surface area (Å²) in [6.07, 6.45) is 3.91. The average molecular weight is 449 g/mol. The SMILES string of the molecule is CC(F)S(=O)(=O)c1ccc(CNC(=O)c2sc3nnc4c(c3c2N)CCCC4)cc1. The van der Waals surface area contributed by atoms with Crippen molar-refractivity contribution in [2.45, 2.75) is 49.6 Å². The van der Waals surface area contributed by atoms with Gasteiger partial charge in [-0.3, -0.25) is 4.79 Å². The van der Waals surface area contributed by atoms with Gasteiger partial charge >= 0.3 is 0 Å². The van der Waals surface area contributed by atoms with Crippen molar-refractivity contribution in [1.82, 2.24) is 15.5 Å². The summed E-state index contributed by atoms with van der Waals surface area (Å²) >= 11 is 1.22. The van der Waals surface area contributed by atoms with Crippen LogP contribution < -0.4 is 11.1 Å². The second-order valence-electron chi connectivity index (χ2n) is 7.27. The number of anilines is 1. The van der Waals surface area contributed by atoms with Crippen LogP contribution in [0.2, 0.25) is 0 Å². The zero-order valence-corrected chi connectivity index (χ0v) is 17.9. The maximum Gasteiger partial charge on any atom is 0.263 e. The van der Waals surface area contributed by atoms with Gasteiger partial charge in [0.15, 0.2) is 0 Å². The van der Waals surface area contributed by atoms with Gasteiger partial charge < -0.3 is 11.1 Å². The summed E-state index contributed by atoms with van der Waals surface area (Å²) in [4.78, 5) is 13.7. The molecule has 3 N–H and O–H groups in total. The molecule has 1 aliphatic carbocycles. The second kappa shape index (κ2) is 7.92. The number of halogens is 1. The first-order valence-electron chi connectivity index (χ1n) is 9.60. The first kappa shape index (κ1) is 20.7. The average Bonchev–Trinajstić information content (AvgIpc) is 3.09. The number of aromatic nitrogens is 2. The third-order valence-corrected chi connectivity index (χ3v) is 8.14. The molecule has 2 heterocycles. The number of alkyl halides is 1. The van der Waals surface area contributed by atoms with E-state index in [1.807, 2.05) is 0 Å². The van der Waals surface area contributed by atoms with Crippen molar-refractivity contribution in [1.29, 1.82) is 0 Å². The lowest BCUT2D eigenvalue weighted by Gasteiger charge is -2.14. The van der Waals surface area contributed by atoms with E-state index in [4.69, 9.17) is 5.73 Å². The van der Waals surface area contributed by atoms with Crippen LogP contribution in [0, 0.1) is 0 Å². The molecular formula is C20H21FN4O3S2. The lowest BCUT2D eigenvalue weighted by molar-refractivity contribution is 0.0956. The van der Waals surface area contributed by atoms with Gasteiger partial charge in [0.1, 0.15) is 9.71 Å². The number of nitrogen functional groups attached to an aromatic ring is 1. The molecule has 0 saturated heterocycles. The van der Waals surface area contributed by atoms with Crippen LogP contribution in [-0.2, 0) is 29.2 Å². The zero-order valence-electron chi connectivity index (χ0n) is 16.3. The molecule has 0 aliphatic heterocycles. The Labute approximate surface area is 177 Å². The first-order chi connectivity index (χ1) is 14.3. The summed E-state index contributed by atoms with van der Waals surface area (Å²) in [6, 6.07) is 5.77. The lowest BCUT2D eigenvalue weighted by atomic mass is 9.94. The third-order valence-electron chi connectivity index (χ3n) is 5.27. The number of rotatable bonds is 5. The largest absolute Gasteiger partial charge is 0.397 e. The number of nitrogens with one attached hydrogen (secondary N) is 1. The number of thiophene rings is 1. The molecule has 0 fully saturated rings. The fourth-order valence-electron chi connectivity index (χ4n) is 3.58. The summed E-state index contributed by atoms with van der Waals surface area (Å²) in [7, 11) is -3.98. The predicted octanol–water partition coefficient (Wildman–Crippen LogP) is 3.17. The van der Waals surface area contributed by atoms with Crippen LogP contribution in [0.1, 0.15) is 46.3 Å². The highest BCUT2D eigenvalue weighted by atomic mass is 32.2. The number of amides is 1. The second-order valence-corrected chi connectivity index (χ2v) is 10.5. The molecule has 3 aromatic rings. The van der Waals surface area contributed by atoms with Crippen molar-refractivity contribution >= 4 is 43.0 Å². The molecular weight excluding hydrogens is 427 g/mol. The third kappa shape index (κ3) is 3.65. The van der Waals surface area contributed by atoms with Crippen LogP contribution in [0.3, 0.4) is 0 Å². The van der Waals surface area contributed by atoms with Crippen LogP contribution in [0.4, 0.5) is 10.1 Å². The molecule has 0 radical (unpaired) electrons. The monoisotopic (exact) mass is 448 g/mol. The van der Waals surface area contributed by atoms with Gasteiger partial charge in [-0.1, -0.05) is 12.1 Å². The van der Waals surface area contributed by atoms with Crippen molar-refractivity contribution in [2.24, 2.45) is 0 Å². The molecule has 0 spiro atoms. The number of benzene rings is 1. The van der Waals surface area contributed by atoms with E-state index in [2.05, 4.69) is 15.5 Å². The number of carbonyl (C=O) groups excluding carboxylic acids is 1. The molecule has 1 unspecified atom stereocenters. The van der Waals surface area contributed by atoms with Crippen LogP contribution >= 0.6 is 11.3 Å². The molecule has 7 nitrogen and oxygen atoms in total. The highest BCUT2D eigenvalue weighted by Gasteiger charge is 2.24. The fraction of sp³-hybridized carbons (Fsp3) is 0.350. The van der Waals surface area contributed by atoms with Gasteiger partial charge in [-0.15, -0.1) is 16.4 Å². The number of hydrogen-bond donors (Lipinski definition) is 2. The van der Waals surface area contributed by atoms with Gasteiger partial charge in [0.25, 0.3) is 5.91 Å². The minimum absolute atomic E-state index is 0.0929. The summed E-state index contributed by atoms with van der Waals surface area (Å²) in [5, 5.41) is 12.2. The number of sulfone groups is 1. The summed E-state index contributed by atoms with van der Waals surface area (Å²) in [6.45, 7) is 1.17. The summed E-state index contributed by atoms with van der Waals surface area (Å²) in [5.74, 6) is -0.325. The van der Waals surface area contributed by atoms with Gasteiger partial charge in [0.05, 0.1) is 16.3 Å². The van der Waals surface area contributed by atoms with E-state index in [1.165, 1.54) is 23.5 Å². The van der Waals surface area contributed by atoms with Gasteiger partial charge in [-0.2, -0.15) is 5.10 Å². The Morgan fingerprint density at radius 3 is 2.63 bits per heavy atom. The Bertz CT molecular complexity index is 1220. The lowest BCUT2D eigenvalue weighted by Crippen LogP contribution is -2.22. The number of nitrogens with two attached hydrogens (primary N) is 1. The minimum atomic E-state index is -3.98. The molecule has 2 aromatic heterocycles. The number of fused-ring (bicyclic) bond motifs is 3. The predicted molar refractivity (Wildman–Crippen MR) is 114 cm³/mol. The Balaban J connectivity index is 1.52. The summed E-state index contributed by atoms with van der Waals surface area (Å²) in [5.41, 5.74) is 7.50. The molecule has 1 aromatic carbocycles. The molecule has 1 aliphatic rings. The molecule has 0 saturated carbocycles. The Morgan fingerprint density at radius 2 is 1.93 bits per heavy atom. The Kier molecular flexibility index (Phi) is 5.46. The molecule has 0 bridgehead atoms. The van der Waals surface area contributed by atoms with Crippen molar-refractivity contribution in [2.75, 3.05) is 5.73 Å². The van der Waals surface area contributed by atoms with Gasteiger partial charge in [-0.05, 0) is 55.9 Å². The van der Waals surface area contributed by atoms with E-state index < -0.39 is 15.3 Å². The van der Waals surface area contributed by atoms with E-state index in [-0.39, 0.29) is 17.3 Å². The molecule has 158 valence electrons. The highest BCUT2D eigenvalue weighted by molar-refractivity contribution is 7.91. The minimum Gasteiger partial charge on any atom is -0.397 e. The topological polar surface area (TPSA) is 115 Å². The van der Waals surface area contributed by atoms with Gasteiger partial charge in [0, 0.05) is 11.9 Å². The van der Waals surface area contributed by atoms with Crippen LogP contribution in [0.25, 0.3) is 10.2 Å². The van der Waals surface area contributed by atoms with Crippen molar-refractivity contribution in [3.8, 4) is 0 Å². The number of carbonyl (C=O) groups is 1. The standard InChI is InChI=1S/C20H21FN4O3S2/c1-11(21)30(27,28)13-8-6-12(7-9-13)10-23-19(26)18-17(22)16-14-4-2-3-5-15(14)24-25-20(16)29-18/h6-9,11H,2-5,10,22H2,1H3,(H,23,26). The first-order valence-corrected chi connectivity index (χ1v) is 12.0. The maximum absolute atomic E-state index is 13.3. The van der Waals surface area contributed by atoms with Gasteiger partial charge in [-0.25, -0.2) is 12.8 Å². The quantitative estimate of drug-likeness (QED) is 0.620. The van der Waals surface area contributed by atoms with Crippen molar-refractivity contribution < 1.29 is 17.6 Å². The normalized spacial score (nSPS) is 15.0. The van der Waals surface area contributed by atoms with Crippen LogP contribution in [0.15, 0.2) is 29.2 Å². The molecule has 4 rings (SSSR count). The zero-order chi connectivity index (χ0) is 21.5. The Morgan fingerprint density at radius 1 is 1.23 bits per heavy atom. The fourth-order valence-corrected chi connectivity index (χ4v) is 5.46. The van der Waals surface area contributed by atoms with E-state index in [0.717, 1.165) is 49.3 Å². The van der Waals surface area contributed by atoms with Gasteiger partial charge in [0.2, 0.25) is 15.3 Å². The van der Waals surface area contributed by atoms with Crippen molar-refractivity contribution in [3.05, 3.63) is 46.0 Å². The van der Waals surface area contributed by atoms with E-state index in [9.17, 15) is 17.6 Å². The van der Waals surface area contributed by atoms with Crippen molar-refractivity contribution in [3.63, 3.8) is 0 Å². The maximum atomic E-state index is 13.3.